The van der Waals surface area contributed by atoms with Gasteiger partial charge in [0.2, 0.25) is 5.16 Å². The van der Waals surface area contributed by atoms with Crippen LogP contribution in [0.25, 0.3) is 5.69 Å². The lowest BCUT2D eigenvalue weighted by Gasteiger charge is -2.11. The zero-order chi connectivity index (χ0) is 20.6. The average Bonchev–Trinajstić information content (AvgIpc) is 3.11. The third-order valence-corrected chi connectivity index (χ3v) is 5.33. The highest BCUT2D eigenvalue weighted by Gasteiger charge is 2.22. The molecule has 11 heteroatoms. The lowest BCUT2D eigenvalue weighted by atomic mass is 10.1. The van der Waals surface area contributed by atoms with E-state index in [9.17, 15) is 14.4 Å². The van der Waals surface area contributed by atoms with Crippen LogP contribution in [0, 0.1) is 13.8 Å². The van der Waals surface area contributed by atoms with E-state index in [2.05, 4.69) is 15.5 Å². The van der Waals surface area contributed by atoms with Crippen LogP contribution in [-0.2, 0) is 14.1 Å². The summed E-state index contributed by atoms with van der Waals surface area (Å²) < 4.78 is 3.49. The fourth-order valence-electron chi connectivity index (χ4n) is 2.87. The molecule has 0 spiro atoms. The molecule has 1 aromatic carbocycles. The van der Waals surface area contributed by atoms with Crippen molar-refractivity contribution in [3.8, 4) is 5.69 Å². The van der Waals surface area contributed by atoms with Crippen molar-refractivity contribution >= 4 is 23.4 Å². The Hall–Kier alpha value is -3.21. The van der Waals surface area contributed by atoms with Gasteiger partial charge in [-0.05, 0) is 35.4 Å². The molecule has 0 aliphatic rings. The van der Waals surface area contributed by atoms with Crippen molar-refractivity contribution in [2.45, 2.75) is 19.0 Å². The number of thioether (sulfide) groups is 1. The largest absolute Gasteiger partial charge is 0.384 e. The summed E-state index contributed by atoms with van der Waals surface area (Å²) >= 11 is 1.09. The topological polar surface area (TPSA) is 131 Å². The molecule has 0 bridgehead atoms. The van der Waals surface area contributed by atoms with Crippen LogP contribution in [-0.4, -0.2) is 40.9 Å². The summed E-state index contributed by atoms with van der Waals surface area (Å²) in [5.41, 5.74) is 7.10. The third kappa shape index (κ3) is 3.24. The monoisotopic (exact) mass is 401 g/mol. The molecule has 0 saturated heterocycles. The molecule has 2 aromatic heterocycles. The minimum absolute atomic E-state index is 0.108. The molecule has 0 aliphatic carbocycles. The standard InChI is InChI=1S/C17H19N7O3S/c1-9-6-5-7-10(2)13(9)24-16(19-20-21-24)28-8-11(25)12-14(18)22(3)17(27)23(4)15(12)26/h5-7H,8,18H2,1-4H3. The van der Waals surface area contributed by atoms with E-state index < -0.39 is 17.0 Å². The van der Waals surface area contributed by atoms with Crippen LogP contribution in [0.1, 0.15) is 21.5 Å². The smallest absolute Gasteiger partial charge is 0.332 e. The number of rotatable bonds is 5. The number of carbonyl (C=O) groups is 1. The molecule has 0 atom stereocenters. The van der Waals surface area contributed by atoms with Gasteiger partial charge in [0, 0.05) is 14.1 Å². The fourth-order valence-corrected chi connectivity index (χ4v) is 3.62. The minimum Gasteiger partial charge on any atom is -0.384 e. The zero-order valence-corrected chi connectivity index (χ0v) is 16.6. The van der Waals surface area contributed by atoms with Gasteiger partial charge in [-0.25, -0.2) is 4.79 Å². The van der Waals surface area contributed by atoms with Crippen molar-refractivity contribution in [1.82, 2.24) is 29.3 Å². The van der Waals surface area contributed by atoms with Crippen molar-refractivity contribution in [2.75, 3.05) is 11.5 Å². The summed E-state index contributed by atoms with van der Waals surface area (Å²) in [4.78, 5) is 36.9. The second-order valence-electron chi connectivity index (χ2n) is 6.29. The first-order valence-corrected chi connectivity index (χ1v) is 9.29. The van der Waals surface area contributed by atoms with Gasteiger partial charge >= 0.3 is 5.69 Å². The maximum absolute atomic E-state index is 12.7. The zero-order valence-electron chi connectivity index (χ0n) is 15.8. The summed E-state index contributed by atoms with van der Waals surface area (Å²) in [7, 11) is 2.71. The Balaban J connectivity index is 1.92. The first-order chi connectivity index (χ1) is 13.2. The Bertz CT molecular complexity index is 1170. The molecule has 10 nitrogen and oxygen atoms in total. The van der Waals surface area contributed by atoms with Crippen molar-refractivity contribution in [3.05, 3.63) is 55.7 Å². The van der Waals surface area contributed by atoms with E-state index in [0.717, 1.165) is 37.7 Å². The fraction of sp³-hybridized carbons (Fsp3) is 0.294. The van der Waals surface area contributed by atoms with Gasteiger partial charge in [-0.2, -0.15) is 4.68 Å². The van der Waals surface area contributed by atoms with Gasteiger partial charge in [0.15, 0.2) is 5.78 Å². The molecule has 0 fully saturated rings. The molecule has 28 heavy (non-hydrogen) atoms. The number of aromatic nitrogens is 6. The van der Waals surface area contributed by atoms with Crippen LogP contribution in [0.3, 0.4) is 0 Å². The number of nitrogen functional groups attached to an aromatic ring is 1. The Morgan fingerprint density at radius 3 is 2.43 bits per heavy atom. The first kappa shape index (κ1) is 19.5. The summed E-state index contributed by atoms with van der Waals surface area (Å²) in [5.74, 6) is -0.772. The quantitative estimate of drug-likeness (QED) is 0.475. The average molecular weight is 401 g/mol. The van der Waals surface area contributed by atoms with Crippen LogP contribution in [0.15, 0.2) is 32.9 Å². The number of nitrogens with two attached hydrogens (primary N) is 1. The molecule has 0 aliphatic heterocycles. The lowest BCUT2D eigenvalue weighted by molar-refractivity contribution is 0.102. The first-order valence-electron chi connectivity index (χ1n) is 8.30. The molecule has 0 saturated carbocycles. The van der Waals surface area contributed by atoms with E-state index >= 15 is 0 Å². The molecule has 0 unspecified atom stereocenters. The van der Waals surface area contributed by atoms with Crippen molar-refractivity contribution in [3.63, 3.8) is 0 Å². The van der Waals surface area contributed by atoms with Gasteiger partial charge in [0.05, 0.1) is 11.4 Å². The number of benzene rings is 1. The second kappa shape index (κ2) is 7.43. The second-order valence-corrected chi connectivity index (χ2v) is 7.23. The highest BCUT2D eigenvalue weighted by Crippen LogP contribution is 2.24. The van der Waals surface area contributed by atoms with Gasteiger partial charge in [-0.15, -0.1) is 5.10 Å². The highest BCUT2D eigenvalue weighted by atomic mass is 32.2. The predicted molar refractivity (Wildman–Crippen MR) is 105 cm³/mol. The number of tetrazole rings is 1. The Morgan fingerprint density at radius 2 is 1.79 bits per heavy atom. The SMILES string of the molecule is Cc1cccc(C)c1-n1nnnc1SCC(=O)c1c(N)n(C)c(=O)n(C)c1=O. The van der Waals surface area contributed by atoms with Gasteiger partial charge < -0.3 is 5.73 Å². The maximum Gasteiger partial charge on any atom is 0.332 e. The van der Waals surface area contributed by atoms with Crippen LogP contribution in [0.2, 0.25) is 0 Å². The van der Waals surface area contributed by atoms with Crippen LogP contribution >= 0.6 is 11.8 Å². The van der Waals surface area contributed by atoms with Crippen molar-refractivity contribution in [1.29, 1.82) is 0 Å². The number of hydrogen-bond acceptors (Lipinski definition) is 8. The summed E-state index contributed by atoms with van der Waals surface area (Å²) in [5, 5.41) is 12.1. The van der Waals surface area contributed by atoms with E-state index in [1.807, 2.05) is 32.0 Å². The lowest BCUT2D eigenvalue weighted by Crippen LogP contribution is -2.41. The number of Topliss-reactive ketones (excluding diaryl/α,β-unsaturated/α-hetero) is 1. The van der Waals surface area contributed by atoms with E-state index in [-0.39, 0.29) is 17.1 Å². The van der Waals surface area contributed by atoms with E-state index in [1.165, 1.54) is 14.1 Å². The molecular formula is C17H19N7O3S. The van der Waals surface area contributed by atoms with Gasteiger partial charge in [-0.3, -0.25) is 18.7 Å². The number of ketones is 1. The predicted octanol–water partition coefficient (Wildman–Crippen LogP) is 0.234. The van der Waals surface area contributed by atoms with Crippen LogP contribution in [0.4, 0.5) is 5.82 Å². The maximum atomic E-state index is 12.7. The van der Waals surface area contributed by atoms with E-state index in [0.29, 0.717) is 5.16 Å². The Morgan fingerprint density at radius 1 is 1.14 bits per heavy atom. The molecule has 3 rings (SSSR count). The molecule has 0 radical (unpaired) electrons. The molecule has 0 amide bonds. The Kier molecular flexibility index (Phi) is 5.18. The van der Waals surface area contributed by atoms with Gasteiger partial charge in [0.1, 0.15) is 11.4 Å². The molecular weight excluding hydrogens is 382 g/mol. The van der Waals surface area contributed by atoms with E-state index in [1.54, 1.807) is 4.68 Å². The van der Waals surface area contributed by atoms with Crippen molar-refractivity contribution < 1.29 is 4.79 Å². The molecule has 2 N–H and O–H groups in total. The molecule has 2 heterocycles. The van der Waals surface area contributed by atoms with Crippen molar-refractivity contribution in [2.24, 2.45) is 14.1 Å². The van der Waals surface area contributed by atoms with E-state index in [4.69, 9.17) is 5.73 Å². The number of carbonyl (C=O) groups excluding carboxylic acids is 1. The number of para-hydroxylation sites is 1. The Labute approximate surface area is 164 Å². The van der Waals surface area contributed by atoms with Crippen LogP contribution < -0.4 is 17.0 Å². The highest BCUT2D eigenvalue weighted by molar-refractivity contribution is 7.99. The summed E-state index contributed by atoms with van der Waals surface area (Å²) in [6.45, 7) is 3.89. The third-order valence-electron chi connectivity index (χ3n) is 4.41. The normalized spacial score (nSPS) is 11.0. The molecule has 146 valence electrons. The van der Waals surface area contributed by atoms with Gasteiger partial charge in [-0.1, -0.05) is 30.0 Å². The number of aryl methyl sites for hydroxylation is 2. The summed E-state index contributed by atoms with van der Waals surface area (Å²) in [6.07, 6.45) is 0. The molecule has 3 aromatic rings. The number of anilines is 1. The van der Waals surface area contributed by atoms with Crippen LogP contribution in [0.5, 0.6) is 0 Å². The van der Waals surface area contributed by atoms with Gasteiger partial charge in [0.25, 0.3) is 5.56 Å². The minimum atomic E-state index is -0.722. The summed E-state index contributed by atoms with van der Waals surface area (Å²) in [6, 6.07) is 5.82. The number of hydrogen-bond donors (Lipinski definition) is 1. The number of nitrogens with zero attached hydrogens (tertiary/aromatic N) is 6.